The van der Waals surface area contributed by atoms with Crippen LogP contribution in [0.3, 0.4) is 0 Å². The lowest BCUT2D eigenvalue weighted by atomic mass is 9.95. The van der Waals surface area contributed by atoms with Gasteiger partial charge in [-0.2, -0.15) is 0 Å². The number of aliphatic hydroxyl groups is 1. The Labute approximate surface area is 140 Å². The molecule has 3 N–H and O–H groups in total. The number of ether oxygens (including phenoxy) is 1. The number of benzene rings is 2. The summed E-state index contributed by atoms with van der Waals surface area (Å²) in [6.45, 7) is 0.922. The summed E-state index contributed by atoms with van der Waals surface area (Å²) in [6, 6.07) is 16.5. The van der Waals surface area contributed by atoms with Crippen LogP contribution in [-0.2, 0) is 4.74 Å². The molecule has 1 saturated heterocycles. The molecular weight excluding hydrogens is 304 g/mol. The molecule has 24 heavy (non-hydrogen) atoms. The number of nitrogens with zero attached hydrogens (tertiary/aromatic N) is 1. The van der Waals surface area contributed by atoms with E-state index < -0.39 is 11.7 Å². The van der Waals surface area contributed by atoms with Crippen LogP contribution in [0.25, 0.3) is 11.1 Å². The summed E-state index contributed by atoms with van der Waals surface area (Å²) in [5.41, 5.74) is 9.31. The van der Waals surface area contributed by atoms with Crippen molar-refractivity contribution in [2.24, 2.45) is 5.73 Å². The van der Waals surface area contributed by atoms with Gasteiger partial charge in [0.2, 0.25) is 0 Å². The first kappa shape index (κ1) is 15.2. The lowest BCUT2D eigenvalue weighted by Gasteiger charge is -2.44. The molecule has 0 atom stereocenters. The minimum atomic E-state index is -0.953. The van der Waals surface area contributed by atoms with Gasteiger partial charge in [0.25, 0.3) is 0 Å². The zero-order chi connectivity index (χ0) is 16.7. The van der Waals surface area contributed by atoms with E-state index in [0.717, 1.165) is 0 Å². The quantitative estimate of drug-likeness (QED) is 0.905. The fraction of sp³-hybridized carbons (Fsp3) is 0.316. The number of hydrogen-bond donors (Lipinski definition) is 2. The Bertz CT molecular complexity index is 738. The molecule has 2 aromatic rings. The predicted octanol–water partition coefficient (Wildman–Crippen LogP) is 1.94. The number of nitrogens with two attached hydrogens (primary N) is 1. The van der Waals surface area contributed by atoms with Gasteiger partial charge in [-0.1, -0.05) is 48.5 Å². The minimum Gasteiger partial charge on any atom is -0.448 e. The molecule has 1 heterocycles. The van der Waals surface area contributed by atoms with Crippen LogP contribution in [0.5, 0.6) is 0 Å². The van der Waals surface area contributed by atoms with Crippen molar-refractivity contribution < 1.29 is 14.6 Å². The molecule has 124 valence electrons. The van der Waals surface area contributed by atoms with Gasteiger partial charge in [0, 0.05) is 12.5 Å². The molecule has 5 heteroatoms. The van der Waals surface area contributed by atoms with Crippen molar-refractivity contribution in [3.63, 3.8) is 0 Å². The Hall–Kier alpha value is -2.37. The Balaban J connectivity index is 1.48. The average molecular weight is 324 g/mol. The van der Waals surface area contributed by atoms with Crippen molar-refractivity contribution in [1.82, 2.24) is 4.90 Å². The monoisotopic (exact) mass is 324 g/mol. The summed E-state index contributed by atoms with van der Waals surface area (Å²) in [4.78, 5) is 13.6. The molecule has 0 bridgehead atoms. The van der Waals surface area contributed by atoms with Crippen molar-refractivity contribution in [2.45, 2.75) is 11.5 Å². The highest BCUT2D eigenvalue weighted by atomic mass is 16.6. The maximum atomic E-state index is 12.2. The summed E-state index contributed by atoms with van der Waals surface area (Å²) < 4.78 is 5.52. The lowest BCUT2D eigenvalue weighted by Crippen LogP contribution is -2.66. The SMILES string of the molecule is NCC1(O)CN(C(=O)OCC2c3ccccc3-c3ccccc32)C1. The third-order valence-corrected chi connectivity index (χ3v) is 4.94. The summed E-state index contributed by atoms with van der Waals surface area (Å²) in [5.74, 6) is 0.0519. The highest BCUT2D eigenvalue weighted by Gasteiger charge is 2.43. The van der Waals surface area contributed by atoms with Gasteiger partial charge in [0.1, 0.15) is 12.2 Å². The second-order valence-electron chi connectivity index (χ2n) is 6.59. The van der Waals surface area contributed by atoms with Crippen LogP contribution >= 0.6 is 0 Å². The number of likely N-dealkylation sites (tertiary alicyclic amines) is 1. The van der Waals surface area contributed by atoms with E-state index in [9.17, 15) is 9.90 Å². The Morgan fingerprint density at radius 3 is 2.21 bits per heavy atom. The third-order valence-electron chi connectivity index (χ3n) is 4.94. The normalized spacial score (nSPS) is 17.8. The number of fused-ring (bicyclic) bond motifs is 3. The molecule has 2 aliphatic rings. The van der Waals surface area contributed by atoms with Crippen LogP contribution < -0.4 is 5.73 Å². The fourth-order valence-electron chi connectivity index (χ4n) is 3.61. The topological polar surface area (TPSA) is 75.8 Å². The van der Waals surface area contributed by atoms with Crippen LogP contribution in [0.15, 0.2) is 48.5 Å². The third kappa shape index (κ3) is 2.37. The van der Waals surface area contributed by atoms with Gasteiger partial charge in [-0.15, -0.1) is 0 Å². The Morgan fingerprint density at radius 2 is 1.67 bits per heavy atom. The molecule has 1 amide bonds. The Kier molecular flexibility index (Phi) is 3.55. The Morgan fingerprint density at radius 1 is 1.12 bits per heavy atom. The first-order valence-corrected chi connectivity index (χ1v) is 8.14. The molecule has 1 fully saturated rings. The first-order chi connectivity index (χ1) is 11.6. The standard InChI is InChI=1S/C19H20N2O3/c20-10-19(23)11-21(12-19)18(22)24-9-17-15-7-3-1-5-13(15)14-6-2-4-8-16(14)17/h1-8,17,23H,9-12,20H2. The van der Waals surface area contributed by atoms with E-state index in [-0.39, 0.29) is 25.6 Å². The van der Waals surface area contributed by atoms with Crippen LogP contribution in [0.1, 0.15) is 17.0 Å². The van der Waals surface area contributed by atoms with E-state index in [1.54, 1.807) is 0 Å². The number of β-amino-alcohol motifs (C(OH)–C–C–N with tert-alkyl or cyclic N) is 1. The van der Waals surface area contributed by atoms with Crippen molar-refractivity contribution in [2.75, 3.05) is 26.2 Å². The predicted molar refractivity (Wildman–Crippen MR) is 90.6 cm³/mol. The number of rotatable bonds is 3. The molecule has 0 radical (unpaired) electrons. The van der Waals surface area contributed by atoms with Crippen molar-refractivity contribution in [1.29, 1.82) is 0 Å². The molecule has 4 rings (SSSR count). The van der Waals surface area contributed by atoms with E-state index in [2.05, 4.69) is 24.3 Å². The van der Waals surface area contributed by atoms with Crippen molar-refractivity contribution in [3.8, 4) is 11.1 Å². The molecule has 0 unspecified atom stereocenters. The van der Waals surface area contributed by atoms with Crippen molar-refractivity contribution >= 4 is 6.09 Å². The van der Waals surface area contributed by atoms with Gasteiger partial charge >= 0.3 is 6.09 Å². The van der Waals surface area contributed by atoms with Crippen molar-refractivity contribution in [3.05, 3.63) is 59.7 Å². The maximum Gasteiger partial charge on any atom is 0.409 e. The molecule has 1 aliphatic carbocycles. The van der Waals surface area contributed by atoms with Gasteiger partial charge in [-0.3, -0.25) is 0 Å². The van der Waals surface area contributed by atoms with Gasteiger partial charge in [-0.05, 0) is 22.3 Å². The molecule has 0 saturated carbocycles. The van der Waals surface area contributed by atoms with Gasteiger partial charge in [-0.25, -0.2) is 4.79 Å². The van der Waals surface area contributed by atoms with Gasteiger partial charge < -0.3 is 20.5 Å². The van der Waals surface area contributed by atoms with Crippen LogP contribution in [0, 0.1) is 0 Å². The molecule has 0 aromatic heterocycles. The van der Waals surface area contributed by atoms with E-state index in [1.165, 1.54) is 27.2 Å². The van der Waals surface area contributed by atoms with E-state index in [4.69, 9.17) is 10.5 Å². The highest BCUT2D eigenvalue weighted by Crippen LogP contribution is 2.44. The van der Waals surface area contributed by atoms with E-state index in [1.807, 2.05) is 24.3 Å². The van der Waals surface area contributed by atoms with Crippen LogP contribution in [0.4, 0.5) is 4.79 Å². The first-order valence-electron chi connectivity index (χ1n) is 8.14. The van der Waals surface area contributed by atoms with Crippen LogP contribution in [-0.4, -0.2) is 47.9 Å². The number of carbonyl (C=O) groups is 1. The van der Waals surface area contributed by atoms with E-state index >= 15 is 0 Å². The lowest BCUT2D eigenvalue weighted by molar-refractivity contribution is -0.0815. The number of hydrogen-bond acceptors (Lipinski definition) is 4. The smallest absolute Gasteiger partial charge is 0.409 e. The number of amides is 1. The number of carbonyl (C=O) groups excluding carboxylic acids is 1. The maximum absolute atomic E-state index is 12.2. The molecule has 0 spiro atoms. The summed E-state index contributed by atoms with van der Waals surface area (Å²) in [6.07, 6.45) is -0.394. The second-order valence-corrected chi connectivity index (χ2v) is 6.59. The molecule has 5 nitrogen and oxygen atoms in total. The minimum absolute atomic E-state index is 0.0519. The highest BCUT2D eigenvalue weighted by molar-refractivity contribution is 5.79. The van der Waals surface area contributed by atoms with Crippen LogP contribution in [0.2, 0.25) is 0 Å². The second kappa shape index (κ2) is 5.61. The van der Waals surface area contributed by atoms with Gasteiger partial charge in [0.05, 0.1) is 13.1 Å². The molecule has 1 aliphatic heterocycles. The summed E-state index contributed by atoms with van der Waals surface area (Å²) in [7, 11) is 0. The summed E-state index contributed by atoms with van der Waals surface area (Å²) >= 11 is 0. The fourth-order valence-corrected chi connectivity index (χ4v) is 3.61. The average Bonchev–Trinajstić information content (AvgIpc) is 2.91. The zero-order valence-electron chi connectivity index (χ0n) is 13.3. The largest absolute Gasteiger partial charge is 0.448 e. The van der Waals surface area contributed by atoms with E-state index in [0.29, 0.717) is 6.61 Å². The van der Waals surface area contributed by atoms with Gasteiger partial charge in [0.15, 0.2) is 0 Å². The summed E-state index contributed by atoms with van der Waals surface area (Å²) in [5, 5.41) is 9.90. The molecule has 2 aromatic carbocycles. The zero-order valence-corrected chi connectivity index (χ0v) is 13.3. The molecular formula is C19H20N2O3.